The number of hydrogen-bond acceptors (Lipinski definition) is 5. The molecule has 0 aliphatic carbocycles. The molecule has 0 fully saturated rings. The van der Waals surface area contributed by atoms with Gasteiger partial charge in [0.15, 0.2) is 0 Å². The number of carbonyl (C=O) groups is 1. The van der Waals surface area contributed by atoms with Crippen LogP contribution < -0.4 is 10.1 Å². The molecule has 0 spiro atoms. The third-order valence-electron chi connectivity index (χ3n) is 6.30. The molecule has 1 unspecified atom stereocenters. The van der Waals surface area contributed by atoms with E-state index in [1.807, 2.05) is 72.3 Å². The van der Waals surface area contributed by atoms with Crippen molar-refractivity contribution in [2.24, 2.45) is 7.05 Å². The highest BCUT2D eigenvalue weighted by Gasteiger charge is 2.20. The number of imidazole rings is 2. The van der Waals surface area contributed by atoms with Crippen LogP contribution in [0.2, 0.25) is 0 Å². The molecular weight excluding hydrogens is 454 g/mol. The van der Waals surface area contributed by atoms with Gasteiger partial charge >= 0.3 is 0 Å². The van der Waals surface area contributed by atoms with E-state index < -0.39 is 0 Å². The molecule has 1 amide bonds. The lowest BCUT2D eigenvalue weighted by molar-refractivity contribution is 0.0946. The summed E-state index contributed by atoms with van der Waals surface area (Å²) < 4.78 is 13.1. The van der Waals surface area contributed by atoms with Crippen LogP contribution in [-0.4, -0.2) is 45.7 Å². The molecule has 2 aromatic heterocycles. The zero-order valence-corrected chi connectivity index (χ0v) is 20.6. The normalized spacial score (nSPS) is 12.2. The highest BCUT2D eigenvalue weighted by atomic mass is 16.5. The van der Waals surface area contributed by atoms with E-state index in [1.54, 1.807) is 13.2 Å². The Morgan fingerprint density at radius 3 is 2.69 bits per heavy atom. The van der Waals surface area contributed by atoms with Crippen molar-refractivity contribution < 1.29 is 14.3 Å². The molecule has 0 bridgehead atoms. The number of methoxy groups -OCH3 is 1. The van der Waals surface area contributed by atoms with Gasteiger partial charge in [0.1, 0.15) is 24.0 Å². The number of fused-ring (bicyclic) bond motifs is 2. The second-order valence-corrected chi connectivity index (χ2v) is 8.74. The van der Waals surface area contributed by atoms with Gasteiger partial charge in [0.2, 0.25) is 0 Å². The Morgan fingerprint density at radius 2 is 1.86 bits per heavy atom. The summed E-state index contributed by atoms with van der Waals surface area (Å²) >= 11 is 0. The van der Waals surface area contributed by atoms with Crippen LogP contribution in [0.25, 0.3) is 22.1 Å². The third-order valence-corrected chi connectivity index (χ3v) is 6.30. The number of aromatic amines is 1. The molecule has 5 aromatic rings. The van der Waals surface area contributed by atoms with Gasteiger partial charge in [-0.25, -0.2) is 9.97 Å². The second-order valence-electron chi connectivity index (χ2n) is 8.74. The number of benzene rings is 3. The molecule has 2 N–H and O–H groups in total. The predicted molar refractivity (Wildman–Crippen MR) is 139 cm³/mol. The molecule has 2 heterocycles. The van der Waals surface area contributed by atoms with Gasteiger partial charge < -0.3 is 24.3 Å². The van der Waals surface area contributed by atoms with Gasteiger partial charge in [-0.15, -0.1) is 0 Å². The van der Waals surface area contributed by atoms with Crippen LogP contribution >= 0.6 is 0 Å². The Hall–Kier alpha value is -4.17. The number of aromatic nitrogens is 4. The number of H-pyrrole nitrogens is 1. The number of nitrogens with one attached hydrogen (secondary N) is 2. The van der Waals surface area contributed by atoms with Crippen LogP contribution in [0.5, 0.6) is 5.75 Å². The minimum absolute atomic E-state index is 0.0368. The van der Waals surface area contributed by atoms with Crippen molar-refractivity contribution in [2.75, 3.05) is 20.3 Å². The Balaban J connectivity index is 1.27. The quantitative estimate of drug-likeness (QED) is 0.300. The SMILES string of the molecule is COCc1ccccc1OCCNC(=O)c1ccc2nc(C(C)c3nc4ccccc4[nH]3)n(C)c2c1. The molecule has 184 valence electrons. The Bertz CT molecular complexity index is 1490. The molecule has 5 rings (SSSR count). The van der Waals surface area contributed by atoms with Crippen LogP contribution in [0.4, 0.5) is 0 Å². The summed E-state index contributed by atoms with van der Waals surface area (Å²) in [6.07, 6.45) is 0. The van der Waals surface area contributed by atoms with Crippen LogP contribution in [0.1, 0.15) is 40.4 Å². The average Bonchev–Trinajstić information content (AvgIpc) is 3.48. The Morgan fingerprint density at radius 1 is 1.06 bits per heavy atom. The minimum atomic E-state index is -0.154. The summed E-state index contributed by atoms with van der Waals surface area (Å²) in [5, 5.41) is 2.94. The lowest BCUT2D eigenvalue weighted by Crippen LogP contribution is -2.28. The van der Waals surface area contributed by atoms with E-state index in [2.05, 4.69) is 17.2 Å². The maximum atomic E-state index is 12.8. The molecule has 8 heteroatoms. The number of aryl methyl sites for hydroxylation is 1. The zero-order valence-electron chi connectivity index (χ0n) is 20.6. The van der Waals surface area contributed by atoms with Gasteiger partial charge in [-0.1, -0.05) is 30.3 Å². The Labute approximate surface area is 209 Å². The summed E-state index contributed by atoms with van der Waals surface area (Å²) in [7, 11) is 3.62. The minimum Gasteiger partial charge on any atom is -0.491 e. The highest BCUT2D eigenvalue weighted by Crippen LogP contribution is 2.27. The molecule has 3 aromatic carbocycles. The molecule has 0 aliphatic heterocycles. The Kier molecular flexibility index (Phi) is 6.69. The van der Waals surface area contributed by atoms with Crippen molar-refractivity contribution in [3.8, 4) is 5.75 Å². The summed E-state index contributed by atoms with van der Waals surface area (Å²) in [4.78, 5) is 25.8. The third kappa shape index (κ3) is 4.67. The first-order chi connectivity index (χ1) is 17.5. The smallest absolute Gasteiger partial charge is 0.251 e. The van der Waals surface area contributed by atoms with Crippen LogP contribution in [-0.2, 0) is 18.4 Å². The van der Waals surface area contributed by atoms with E-state index in [9.17, 15) is 4.79 Å². The molecular formula is C28H29N5O3. The maximum absolute atomic E-state index is 12.8. The van der Waals surface area contributed by atoms with Gasteiger partial charge in [0.25, 0.3) is 5.91 Å². The number of rotatable bonds is 9. The van der Waals surface area contributed by atoms with Crippen molar-refractivity contribution in [2.45, 2.75) is 19.4 Å². The standard InChI is InChI=1S/C28H29N5O3/c1-18(26-30-21-9-5-6-10-22(21)31-26)27-32-23-13-12-19(16-24(23)33(27)2)28(34)29-14-15-36-25-11-7-4-8-20(25)17-35-3/h4-13,16,18H,14-15,17H2,1-3H3,(H,29,34)(H,30,31). The van der Waals surface area contributed by atoms with Crippen LogP contribution in [0.15, 0.2) is 66.7 Å². The van der Waals surface area contributed by atoms with E-state index >= 15 is 0 Å². The molecule has 0 radical (unpaired) electrons. The summed E-state index contributed by atoms with van der Waals surface area (Å²) in [6, 6.07) is 21.3. The average molecular weight is 484 g/mol. The van der Waals surface area contributed by atoms with Crippen LogP contribution in [0, 0.1) is 0 Å². The first-order valence-electron chi connectivity index (χ1n) is 11.9. The lowest BCUT2D eigenvalue weighted by atomic mass is 10.1. The second kappa shape index (κ2) is 10.2. The first kappa shape index (κ1) is 23.6. The van der Waals surface area contributed by atoms with Crippen molar-refractivity contribution in [3.05, 3.63) is 89.5 Å². The van der Waals surface area contributed by atoms with E-state index in [4.69, 9.17) is 19.4 Å². The van der Waals surface area contributed by atoms with E-state index in [1.165, 1.54) is 0 Å². The largest absolute Gasteiger partial charge is 0.491 e. The summed E-state index contributed by atoms with van der Waals surface area (Å²) in [5.74, 6) is 2.31. The van der Waals surface area contributed by atoms with Crippen molar-refractivity contribution in [1.82, 2.24) is 24.8 Å². The fraction of sp³-hybridized carbons (Fsp3) is 0.250. The van der Waals surface area contributed by atoms with Crippen molar-refractivity contribution in [3.63, 3.8) is 0 Å². The number of para-hydroxylation sites is 3. The topological polar surface area (TPSA) is 94.1 Å². The molecule has 36 heavy (non-hydrogen) atoms. The zero-order chi connectivity index (χ0) is 25.1. The van der Waals surface area contributed by atoms with E-state index in [-0.39, 0.29) is 11.8 Å². The van der Waals surface area contributed by atoms with Crippen molar-refractivity contribution in [1.29, 1.82) is 0 Å². The number of carbonyl (C=O) groups excluding carboxylic acids is 1. The van der Waals surface area contributed by atoms with Gasteiger partial charge in [-0.2, -0.15) is 0 Å². The lowest BCUT2D eigenvalue weighted by Gasteiger charge is -2.11. The number of nitrogens with zero attached hydrogens (tertiary/aromatic N) is 3. The van der Waals surface area contributed by atoms with E-state index in [0.717, 1.165) is 45.0 Å². The molecule has 8 nitrogen and oxygen atoms in total. The molecule has 0 aliphatic rings. The van der Waals surface area contributed by atoms with Gasteiger partial charge in [-0.3, -0.25) is 4.79 Å². The fourth-order valence-electron chi connectivity index (χ4n) is 4.38. The molecule has 1 atom stereocenters. The van der Waals surface area contributed by atoms with Crippen molar-refractivity contribution >= 4 is 28.0 Å². The molecule has 0 saturated heterocycles. The molecule has 0 saturated carbocycles. The monoisotopic (exact) mass is 483 g/mol. The van der Waals surface area contributed by atoms with Crippen LogP contribution in [0.3, 0.4) is 0 Å². The van der Waals surface area contributed by atoms with E-state index in [0.29, 0.717) is 25.3 Å². The maximum Gasteiger partial charge on any atom is 0.251 e. The van der Waals surface area contributed by atoms with Gasteiger partial charge in [0, 0.05) is 25.3 Å². The number of amides is 1. The summed E-state index contributed by atoms with van der Waals surface area (Å²) in [5.41, 5.74) is 5.22. The fourth-order valence-corrected chi connectivity index (χ4v) is 4.38. The summed E-state index contributed by atoms with van der Waals surface area (Å²) in [6.45, 7) is 3.30. The predicted octanol–water partition coefficient (Wildman–Crippen LogP) is 4.56. The number of hydrogen-bond donors (Lipinski definition) is 2. The highest BCUT2D eigenvalue weighted by molar-refractivity contribution is 5.97. The van der Waals surface area contributed by atoms with Gasteiger partial charge in [-0.05, 0) is 43.3 Å². The number of ether oxygens (including phenoxy) is 2. The van der Waals surface area contributed by atoms with Gasteiger partial charge in [0.05, 0.1) is 41.1 Å². The first-order valence-corrected chi connectivity index (χ1v) is 11.9.